The number of alkyl halides is 3. The van der Waals surface area contributed by atoms with Crippen LogP contribution < -0.4 is 9.64 Å². The summed E-state index contributed by atoms with van der Waals surface area (Å²) < 4.78 is 46.9. The van der Waals surface area contributed by atoms with Crippen molar-refractivity contribution in [2.75, 3.05) is 12.0 Å². The lowest BCUT2D eigenvalue weighted by Crippen LogP contribution is -2.26. The van der Waals surface area contributed by atoms with Crippen LogP contribution in [0.4, 0.5) is 18.9 Å². The van der Waals surface area contributed by atoms with Gasteiger partial charge in [0.25, 0.3) is 5.91 Å². The largest absolute Gasteiger partial charge is 0.497 e. The SMILES string of the molecule is COc1ccc(CN2C(=O)c3cnnc4c(-n5ncc(C(=O)O)c5C(F)(F)F)ccc2c34)cc1. The summed E-state index contributed by atoms with van der Waals surface area (Å²) in [5.41, 5.74) is -1.18. The van der Waals surface area contributed by atoms with Gasteiger partial charge in [0.2, 0.25) is 0 Å². The molecule has 0 saturated carbocycles. The predicted molar refractivity (Wildman–Crippen MR) is 112 cm³/mol. The Morgan fingerprint density at radius 2 is 1.79 bits per heavy atom. The molecule has 0 atom stereocenters. The second-order valence-electron chi connectivity index (χ2n) is 7.45. The normalized spacial score (nSPS) is 13.1. The third-order valence-electron chi connectivity index (χ3n) is 5.51. The Kier molecular flexibility index (Phi) is 4.74. The number of aromatic carboxylic acids is 1. The molecule has 1 aliphatic rings. The van der Waals surface area contributed by atoms with Crippen molar-refractivity contribution in [2.24, 2.45) is 0 Å². The Morgan fingerprint density at radius 1 is 1.09 bits per heavy atom. The van der Waals surface area contributed by atoms with Crippen molar-refractivity contribution in [3.63, 3.8) is 0 Å². The number of benzene rings is 2. The van der Waals surface area contributed by atoms with E-state index in [-0.39, 0.29) is 29.2 Å². The van der Waals surface area contributed by atoms with Crippen molar-refractivity contribution in [2.45, 2.75) is 12.7 Å². The minimum Gasteiger partial charge on any atom is -0.497 e. The van der Waals surface area contributed by atoms with E-state index in [4.69, 9.17) is 4.74 Å². The van der Waals surface area contributed by atoms with E-state index in [1.54, 1.807) is 24.3 Å². The van der Waals surface area contributed by atoms with Gasteiger partial charge < -0.3 is 14.7 Å². The van der Waals surface area contributed by atoms with Gasteiger partial charge in [-0.3, -0.25) is 4.79 Å². The number of amides is 1. The van der Waals surface area contributed by atoms with E-state index in [9.17, 15) is 27.9 Å². The smallest absolute Gasteiger partial charge is 0.434 e. The first-order chi connectivity index (χ1) is 16.2. The van der Waals surface area contributed by atoms with E-state index in [1.807, 2.05) is 0 Å². The molecule has 5 rings (SSSR count). The summed E-state index contributed by atoms with van der Waals surface area (Å²) in [4.78, 5) is 26.0. The lowest BCUT2D eigenvalue weighted by Gasteiger charge is -2.18. The lowest BCUT2D eigenvalue weighted by molar-refractivity contribution is -0.143. The molecule has 0 spiro atoms. The number of nitrogens with zero attached hydrogens (tertiary/aromatic N) is 5. The lowest BCUT2D eigenvalue weighted by atomic mass is 10.1. The number of anilines is 1. The molecule has 4 aromatic rings. The summed E-state index contributed by atoms with van der Waals surface area (Å²) in [5, 5.41) is 21.0. The van der Waals surface area contributed by atoms with Crippen LogP contribution in [-0.4, -0.2) is 44.1 Å². The van der Waals surface area contributed by atoms with E-state index in [1.165, 1.54) is 30.3 Å². The van der Waals surface area contributed by atoms with Gasteiger partial charge in [-0.15, -0.1) is 5.10 Å². The summed E-state index contributed by atoms with van der Waals surface area (Å²) in [6.07, 6.45) is -3.12. The highest BCUT2D eigenvalue weighted by Crippen LogP contribution is 2.41. The van der Waals surface area contributed by atoms with Gasteiger partial charge in [0, 0.05) is 5.39 Å². The van der Waals surface area contributed by atoms with E-state index in [0.29, 0.717) is 27.7 Å². The fraction of sp³-hybridized carbons (Fsp3) is 0.136. The Morgan fingerprint density at radius 3 is 2.44 bits per heavy atom. The highest BCUT2D eigenvalue weighted by molar-refractivity contribution is 6.25. The number of carboxylic acids is 1. The maximum absolute atomic E-state index is 13.7. The number of aromatic nitrogens is 4. The highest BCUT2D eigenvalue weighted by atomic mass is 19.4. The fourth-order valence-corrected chi connectivity index (χ4v) is 3.99. The van der Waals surface area contributed by atoms with Crippen LogP contribution in [0.2, 0.25) is 0 Å². The average Bonchev–Trinajstić information content (AvgIpc) is 3.37. The summed E-state index contributed by atoms with van der Waals surface area (Å²) >= 11 is 0. The number of carbonyl (C=O) groups excluding carboxylic acids is 1. The summed E-state index contributed by atoms with van der Waals surface area (Å²) in [6.45, 7) is 0.199. The summed E-state index contributed by atoms with van der Waals surface area (Å²) in [7, 11) is 1.54. The number of carbonyl (C=O) groups is 2. The van der Waals surface area contributed by atoms with Crippen LogP contribution in [0.15, 0.2) is 48.8 Å². The van der Waals surface area contributed by atoms with Crippen molar-refractivity contribution >= 4 is 28.5 Å². The quantitative estimate of drug-likeness (QED) is 0.475. The molecule has 0 unspecified atom stereocenters. The molecule has 2 aromatic heterocycles. The van der Waals surface area contributed by atoms with Crippen molar-refractivity contribution in [1.82, 2.24) is 20.0 Å². The standard InChI is InChI=1S/C22H14F3N5O4/c1-34-12-4-2-11(3-5-12)10-29-15-6-7-16(18-17(15)13(20(29)31)8-26-28-18)30-19(22(23,24)25)14(9-27-30)21(32)33/h2-9H,10H2,1H3,(H,32,33). The van der Waals surface area contributed by atoms with Gasteiger partial charge in [-0.2, -0.15) is 23.4 Å². The van der Waals surface area contributed by atoms with Crippen molar-refractivity contribution in [3.8, 4) is 11.4 Å². The van der Waals surface area contributed by atoms with Gasteiger partial charge in [0.1, 0.15) is 16.8 Å². The molecule has 2 aromatic carbocycles. The molecular weight excluding hydrogens is 455 g/mol. The monoisotopic (exact) mass is 469 g/mol. The van der Waals surface area contributed by atoms with E-state index >= 15 is 0 Å². The van der Waals surface area contributed by atoms with Gasteiger partial charge in [-0.25, -0.2) is 9.48 Å². The number of carboxylic acid groups (broad SMARTS) is 1. The van der Waals surface area contributed by atoms with Gasteiger partial charge in [-0.05, 0) is 29.8 Å². The molecule has 0 aliphatic carbocycles. The molecule has 172 valence electrons. The zero-order valence-electron chi connectivity index (χ0n) is 17.4. The third-order valence-corrected chi connectivity index (χ3v) is 5.51. The molecule has 0 fully saturated rings. The van der Waals surface area contributed by atoms with Crippen LogP contribution in [-0.2, 0) is 12.7 Å². The molecule has 34 heavy (non-hydrogen) atoms. The molecule has 1 aliphatic heterocycles. The molecule has 12 heteroatoms. The van der Waals surface area contributed by atoms with Crippen molar-refractivity contribution in [3.05, 3.63) is 71.2 Å². The Balaban J connectivity index is 1.65. The number of methoxy groups -OCH3 is 1. The minimum atomic E-state index is -5.00. The van der Waals surface area contributed by atoms with Crippen LogP contribution in [0, 0.1) is 0 Å². The first kappa shape index (κ1) is 21.4. The number of hydrogen-bond acceptors (Lipinski definition) is 6. The van der Waals surface area contributed by atoms with E-state index in [2.05, 4.69) is 15.3 Å². The molecule has 1 amide bonds. The zero-order chi connectivity index (χ0) is 24.2. The third kappa shape index (κ3) is 3.22. The Hall–Kier alpha value is -4.48. The van der Waals surface area contributed by atoms with Crippen LogP contribution in [0.3, 0.4) is 0 Å². The summed E-state index contributed by atoms with van der Waals surface area (Å²) in [6, 6.07) is 9.89. The second-order valence-corrected chi connectivity index (χ2v) is 7.45. The molecule has 1 N–H and O–H groups in total. The first-order valence-electron chi connectivity index (χ1n) is 9.82. The topological polar surface area (TPSA) is 110 Å². The molecule has 3 heterocycles. The Bertz CT molecular complexity index is 1460. The van der Waals surface area contributed by atoms with Crippen LogP contribution in [0.25, 0.3) is 16.6 Å². The number of hydrogen-bond donors (Lipinski definition) is 1. The fourth-order valence-electron chi connectivity index (χ4n) is 3.99. The number of ether oxygens (including phenoxy) is 1. The van der Waals surface area contributed by atoms with Crippen LogP contribution in [0.1, 0.15) is 32.0 Å². The van der Waals surface area contributed by atoms with Crippen molar-refractivity contribution < 1.29 is 32.6 Å². The molecule has 9 nitrogen and oxygen atoms in total. The van der Waals surface area contributed by atoms with Crippen LogP contribution >= 0.6 is 0 Å². The summed E-state index contributed by atoms with van der Waals surface area (Å²) in [5.74, 6) is -1.50. The minimum absolute atomic E-state index is 0.00822. The molecular formula is C22H14F3N5O4. The average molecular weight is 469 g/mol. The molecule has 0 radical (unpaired) electrons. The maximum atomic E-state index is 13.7. The molecule has 0 saturated heterocycles. The van der Waals surface area contributed by atoms with E-state index in [0.717, 1.165) is 5.56 Å². The highest BCUT2D eigenvalue weighted by Gasteiger charge is 2.41. The predicted octanol–water partition coefficient (Wildman–Crippen LogP) is 3.70. The zero-order valence-corrected chi connectivity index (χ0v) is 17.4. The van der Waals surface area contributed by atoms with Gasteiger partial charge in [0.15, 0.2) is 5.69 Å². The number of rotatable bonds is 5. The van der Waals surface area contributed by atoms with Gasteiger partial charge in [0.05, 0.1) is 43.0 Å². The second kappa shape index (κ2) is 7.54. The van der Waals surface area contributed by atoms with E-state index < -0.39 is 23.4 Å². The maximum Gasteiger partial charge on any atom is 0.434 e. The van der Waals surface area contributed by atoms with Crippen LogP contribution in [0.5, 0.6) is 5.75 Å². The van der Waals surface area contributed by atoms with Gasteiger partial charge in [-0.1, -0.05) is 12.1 Å². The number of halogens is 3. The van der Waals surface area contributed by atoms with Crippen molar-refractivity contribution in [1.29, 1.82) is 0 Å². The first-order valence-corrected chi connectivity index (χ1v) is 9.82. The van der Waals surface area contributed by atoms with Gasteiger partial charge >= 0.3 is 12.1 Å². The Labute approximate surface area is 189 Å². The molecule has 0 bridgehead atoms.